The Bertz CT molecular complexity index is 564. The molecule has 21 heavy (non-hydrogen) atoms. The van der Waals surface area contributed by atoms with Crippen molar-refractivity contribution in [2.45, 2.75) is 25.6 Å². The number of benzene rings is 2. The SMILES string of the molecule is CC(NCCc1ccccc1)c1ccccc1C(F)(F)F. The Balaban J connectivity index is 1.99. The summed E-state index contributed by atoms with van der Waals surface area (Å²) in [6.45, 7) is 2.40. The number of hydrogen-bond acceptors (Lipinski definition) is 1. The Kier molecular flexibility index (Phi) is 5.02. The summed E-state index contributed by atoms with van der Waals surface area (Å²) in [5.74, 6) is 0. The van der Waals surface area contributed by atoms with E-state index < -0.39 is 11.7 Å². The fourth-order valence-electron chi connectivity index (χ4n) is 2.32. The minimum Gasteiger partial charge on any atom is -0.310 e. The molecule has 1 unspecified atom stereocenters. The molecule has 0 fully saturated rings. The summed E-state index contributed by atoms with van der Waals surface area (Å²) >= 11 is 0. The Morgan fingerprint density at radius 3 is 2.24 bits per heavy atom. The van der Waals surface area contributed by atoms with Gasteiger partial charge in [-0.15, -0.1) is 0 Å². The van der Waals surface area contributed by atoms with Gasteiger partial charge in [-0.05, 0) is 37.1 Å². The third kappa shape index (κ3) is 4.33. The van der Waals surface area contributed by atoms with E-state index in [0.717, 1.165) is 12.5 Å². The summed E-state index contributed by atoms with van der Waals surface area (Å²) in [6, 6.07) is 15.3. The average Bonchev–Trinajstić information content (AvgIpc) is 2.47. The molecule has 0 saturated carbocycles. The molecular formula is C17H18F3N. The van der Waals surface area contributed by atoms with Crippen LogP contribution in [0.15, 0.2) is 54.6 Å². The van der Waals surface area contributed by atoms with Gasteiger partial charge in [0.1, 0.15) is 0 Å². The van der Waals surface area contributed by atoms with Crippen molar-refractivity contribution in [1.29, 1.82) is 0 Å². The van der Waals surface area contributed by atoms with Crippen LogP contribution >= 0.6 is 0 Å². The van der Waals surface area contributed by atoms with Gasteiger partial charge < -0.3 is 5.32 Å². The summed E-state index contributed by atoms with van der Waals surface area (Å²) in [7, 11) is 0. The summed E-state index contributed by atoms with van der Waals surface area (Å²) in [6.07, 6.45) is -3.52. The van der Waals surface area contributed by atoms with Crippen LogP contribution in [0.2, 0.25) is 0 Å². The lowest BCUT2D eigenvalue weighted by Gasteiger charge is -2.19. The van der Waals surface area contributed by atoms with Crippen molar-refractivity contribution in [2.24, 2.45) is 0 Å². The third-order valence-corrected chi connectivity index (χ3v) is 3.44. The Morgan fingerprint density at radius 2 is 1.57 bits per heavy atom. The van der Waals surface area contributed by atoms with Crippen molar-refractivity contribution in [1.82, 2.24) is 5.32 Å². The molecule has 1 atom stereocenters. The molecular weight excluding hydrogens is 275 g/mol. The zero-order valence-electron chi connectivity index (χ0n) is 11.8. The molecule has 0 aliphatic carbocycles. The molecule has 0 amide bonds. The van der Waals surface area contributed by atoms with Crippen LogP contribution in [-0.4, -0.2) is 6.54 Å². The Hall–Kier alpha value is -1.81. The van der Waals surface area contributed by atoms with Crippen LogP contribution in [0.5, 0.6) is 0 Å². The maximum Gasteiger partial charge on any atom is 0.416 e. The van der Waals surface area contributed by atoms with E-state index >= 15 is 0 Å². The highest BCUT2D eigenvalue weighted by Crippen LogP contribution is 2.34. The second-order valence-electron chi connectivity index (χ2n) is 5.00. The number of halogens is 3. The van der Waals surface area contributed by atoms with Crippen LogP contribution in [0.25, 0.3) is 0 Å². The number of nitrogens with one attached hydrogen (secondary N) is 1. The zero-order valence-corrected chi connectivity index (χ0v) is 11.8. The molecule has 0 spiro atoms. The highest BCUT2D eigenvalue weighted by molar-refractivity contribution is 5.32. The van der Waals surface area contributed by atoms with Crippen molar-refractivity contribution < 1.29 is 13.2 Å². The first-order valence-corrected chi connectivity index (χ1v) is 6.92. The smallest absolute Gasteiger partial charge is 0.310 e. The molecule has 2 aromatic carbocycles. The van der Waals surface area contributed by atoms with Gasteiger partial charge in [0, 0.05) is 6.04 Å². The summed E-state index contributed by atoms with van der Waals surface area (Å²) in [5, 5.41) is 3.16. The fraction of sp³-hybridized carbons (Fsp3) is 0.294. The Morgan fingerprint density at radius 1 is 0.952 bits per heavy atom. The van der Waals surface area contributed by atoms with Gasteiger partial charge in [0.2, 0.25) is 0 Å². The largest absolute Gasteiger partial charge is 0.416 e. The first-order chi connectivity index (χ1) is 9.98. The average molecular weight is 293 g/mol. The first-order valence-electron chi connectivity index (χ1n) is 6.92. The lowest BCUT2D eigenvalue weighted by atomic mass is 10.0. The van der Waals surface area contributed by atoms with Crippen LogP contribution in [0.4, 0.5) is 13.2 Å². The fourth-order valence-corrected chi connectivity index (χ4v) is 2.32. The molecule has 112 valence electrons. The highest BCUT2D eigenvalue weighted by Gasteiger charge is 2.33. The molecule has 4 heteroatoms. The van der Waals surface area contributed by atoms with E-state index in [-0.39, 0.29) is 11.6 Å². The van der Waals surface area contributed by atoms with Crippen LogP contribution in [-0.2, 0) is 12.6 Å². The zero-order chi connectivity index (χ0) is 15.3. The van der Waals surface area contributed by atoms with Crippen molar-refractivity contribution in [2.75, 3.05) is 6.54 Å². The van der Waals surface area contributed by atoms with Gasteiger partial charge in [-0.2, -0.15) is 13.2 Å². The lowest BCUT2D eigenvalue weighted by Crippen LogP contribution is -2.24. The van der Waals surface area contributed by atoms with Gasteiger partial charge in [0.05, 0.1) is 5.56 Å². The molecule has 0 aliphatic rings. The summed E-state index contributed by atoms with van der Waals surface area (Å²) in [5.41, 5.74) is 0.893. The molecule has 0 aromatic heterocycles. The second kappa shape index (κ2) is 6.76. The molecule has 1 nitrogen and oxygen atoms in total. The highest BCUT2D eigenvalue weighted by atomic mass is 19.4. The van der Waals surface area contributed by atoms with Gasteiger partial charge in [0.25, 0.3) is 0 Å². The van der Waals surface area contributed by atoms with Crippen molar-refractivity contribution >= 4 is 0 Å². The van der Waals surface area contributed by atoms with Crippen molar-refractivity contribution in [3.63, 3.8) is 0 Å². The van der Waals surface area contributed by atoms with Crippen LogP contribution < -0.4 is 5.32 Å². The van der Waals surface area contributed by atoms with Crippen LogP contribution in [0, 0.1) is 0 Å². The number of hydrogen-bond donors (Lipinski definition) is 1. The molecule has 2 aromatic rings. The van der Waals surface area contributed by atoms with E-state index in [1.54, 1.807) is 13.0 Å². The molecule has 0 aliphatic heterocycles. The minimum absolute atomic E-state index is 0.290. The summed E-state index contributed by atoms with van der Waals surface area (Å²) < 4.78 is 38.9. The van der Waals surface area contributed by atoms with Crippen molar-refractivity contribution in [3.8, 4) is 0 Å². The van der Waals surface area contributed by atoms with Gasteiger partial charge in [-0.3, -0.25) is 0 Å². The standard InChI is InChI=1S/C17H18F3N/c1-13(21-12-11-14-7-3-2-4-8-14)15-9-5-6-10-16(15)17(18,19)20/h2-10,13,21H,11-12H2,1H3. The lowest BCUT2D eigenvalue weighted by molar-refractivity contribution is -0.138. The molecule has 0 heterocycles. The van der Waals surface area contributed by atoms with E-state index in [1.807, 2.05) is 30.3 Å². The predicted octanol–water partition coefficient (Wildman–Crippen LogP) is 4.60. The molecule has 0 bridgehead atoms. The predicted molar refractivity (Wildman–Crippen MR) is 78.0 cm³/mol. The van der Waals surface area contributed by atoms with E-state index in [0.29, 0.717) is 6.54 Å². The topological polar surface area (TPSA) is 12.0 Å². The number of rotatable bonds is 5. The molecule has 0 radical (unpaired) electrons. The minimum atomic E-state index is -4.31. The first kappa shape index (κ1) is 15.6. The van der Waals surface area contributed by atoms with Crippen molar-refractivity contribution in [3.05, 3.63) is 71.3 Å². The van der Waals surface area contributed by atoms with Gasteiger partial charge in [-0.1, -0.05) is 48.5 Å². The third-order valence-electron chi connectivity index (χ3n) is 3.44. The monoisotopic (exact) mass is 293 g/mol. The van der Waals surface area contributed by atoms with E-state index in [4.69, 9.17) is 0 Å². The van der Waals surface area contributed by atoms with E-state index in [1.165, 1.54) is 17.7 Å². The Labute approximate surface area is 122 Å². The van der Waals surface area contributed by atoms with Gasteiger partial charge in [0.15, 0.2) is 0 Å². The maximum absolute atomic E-state index is 13.0. The molecule has 1 N–H and O–H groups in total. The maximum atomic E-state index is 13.0. The summed E-state index contributed by atoms with van der Waals surface area (Å²) in [4.78, 5) is 0. The van der Waals surface area contributed by atoms with E-state index in [2.05, 4.69) is 5.32 Å². The molecule has 2 rings (SSSR count). The van der Waals surface area contributed by atoms with Crippen LogP contribution in [0.1, 0.15) is 29.7 Å². The molecule has 0 saturated heterocycles. The van der Waals surface area contributed by atoms with Gasteiger partial charge >= 0.3 is 6.18 Å². The second-order valence-corrected chi connectivity index (χ2v) is 5.00. The van der Waals surface area contributed by atoms with Crippen LogP contribution in [0.3, 0.4) is 0 Å². The normalized spacial score (nSPS) is 13.1. The number of alkyl halides is 3. The van der Waals surface area contributed by atoms with Gasteiger partial charge in [-0.25, -0.2) is 0 Å². The quantitative estimate of drug-likeness (QED) is 0.849. The van der Waals surface area contributed by atoms with E-state index in [9.17, 15) is 13.2 Å².